The molecule has 3 aromatic carbocycles. The summed E-state index contributed by atoms with van der Waals surface area (Å²) in [5.41, 5.74) is 1.13. The van der Waals surface area contributed by atoms with Gasteiger partial charge in [-0.3, -0.25) is 9.52 Å². The van der Waals surface area contributed by atoms with Crippen molar-refractivity contribution in [1.82, 2.24) is 0 Å². The van der Waals surface area contributed by atoms with Gasteiger partial charge in [-0.1, -0.05) is 11.6 Å². The number of anilines is 2. The number of hydrogen-bond acceptors (Lipinski definition) is 5. The van der Waals surface area contributed by atoms with E-state index in [9.17, 15) is 13.2 Å². The first-order chi connectivity index (χ1) is 14.3. The van der Waals surface area contributed by atoms with Crippen molar-refractivity contribution in [3.05, 3.63) is 77.3 Å². The van der Waals surface area contributed by atoms with Crippen LogP contribution >= 0.6 is 11.6 Å². The predicted molar refractivity (Wildman–Crippen MR) is 116 cm³/mol. The molecule has 7 nitrogen and oxygen atoms in total. The SMILES string of the molecule is COc1ccc(OC)c(NS(=O)(=O)c2ccc(NC(=O)c3ccc(Cl)cc3)cc2)c1. The summed E-state index contributed by atoms with van der Waals surface area (Å²) in [5.74, 6) is 0.501. The Morgan fingerprint density at radius 2 is 1.57 bits per heavy atom. The molecule has 1 amide bonds. The average molecular weight is 447 g/mol. The number of carbonyl (C=O) groups excluding carboxylic acids is 1. The van der Waals surface area contributed by atoms with Crippen LogP contribution in [-0.4, -0.2) is 28.5 Å². The van der Waals surface area contributed by atoms with Crippen LogP contribution < -0.4 is 19.5 Å². The number of sulfonamides is 1. The maximum atomic E-state index is 12.7. The lowest BCUT2D eigenvalue weighted by atomic mass is 10.2. The van der Waals surface area contributed by atoms with Gasteiger partial charge >= 0.3 is 0 Å². The van der Waals surface area contributed by atoms with E-state index in [1.54, 1.807) is 36.4 Å². The van der Waals surface area contributed by atoms with Crippen LogP contribution in [0.4, 0.5) is 11.4 Å². The van der Waals surface area contributed by atoms with E-state index in [1.807, 2.05) is 0 Å². The predicted octanol–water partition coefficient (Wildman–Crippen LogP) is 4.41. The molecule has 0 unspecified atom stereocenters. The van der Waals surface area contributed by atoms with Crippen molar-refractivity contribution in [3.8, 4) is 11.5 Å². The van der Waals surface area contributed by atoms with Crippen LogP contribution in [-0.2, 0) is 10.0 Å². The molecule has 0 aromatic heterocycles. The Bertz CT molecular complexity index is 1150. The molecule has 30 heavy (non-hydrogen) atoms. The summed E-state index contributed by atoms with van der Waals surface area (Å²) < 4.78 is 38.3. The minimum absolute atomic E-state index is 0.0249. The first-order valence-corrected chi connectivity index (χ1v) is 10.6. The quantitative estimate of drug-likeness (QED) is 0.560. The molecule has 0 saturated carbocycles. The first-order valence-electron chi connectivity index (χ1n) is 8.74. The highest BCUT2D eigenvalue weighted by Crippen LogP contribution is 2.31. The summed E-state index contributed by atoms with van der Waals surface area (Å²) in [4.78, 5) is 12.3. The van der Waals surface area contributed by atoms with E-state index in [0.29, 0.717) is 27.8 Å². The molecule has 0 fully saturated rings. The van der Waals surface area contributed by atoms with Gasteiger partial charge < -0.3 is 14.8 Å². The van der Waals surface area contributed by atoms with Gasteiger partial charge in [-0.15, -0.1) is 0 Å². The Labute approximate surface area is 179 Å². The second-order valence-corrected chi connectivity index (χ2v) is 8.28. The van der Waals surface area contributed by atoms with E-state index in [-0.39, 0.29) is 16.5 Å². The molecular weight excluding hydrogens is 428 g/mol. The minimum atomic E-state index is -3.89. The number of hydrogen-bond donors (Lipinski definition) is 2. The number of halogens is 1. The highest BCUT2D eigenvalue weighted by molar-refractivity contribution is 7.92. The molecule has 0 aliphatic heterocycles. The number of amides is 1. The fourth-order valence-electron chi connectivity index (χ4n) is 2.62. The normalized spacial score (nSPS) is 10.9. The van der Waals surface area contributed by atoms with Crippen LogP contribution in [0.25, 0.3) is 0 Å². The van der Waals surface area contributed by atoms with Gasteiger partial charge in [0, 0.05) is 22.3 Å². The van der Waals surface area contributed by atoms with Crippen molar-refractivity contribution in [2.75, 3.05) is 24.3 Å². The van der Waals surface area contributed by atoms with E-state index < -0.39 is 10.0 Å². The summed E-state index contributed by atoms with van der Waals surface area (Å²) in [6.45, 7) is 0. The molecule has 0 heterocycles. The van der Waals surface area contributed by atoms with Crippen LogP contribution in [0.2, 0.25) is 5.02 Å². The molecule has 0 radical (unpaired) electrons. The van der Waals surface area contributed by atoms with Gasteiger partial charge in [0.2, 0.25) is 0 Å². The number of rotatable bonds is 7. The molecule has 3 rings (SSSR count). The van der Waals surface area contributed by atoms with Gasteiger partial charge in [0.1, 0.15) is 11.5 Å². The average Bonchev–Trinajstić information content (AvgIpc) is 2.74. The largest absolute Gasteiger partial charge is 0.497 e. The van der Waals surface area contributed by atoms with Gasteiger partial charge in [0.15, 0.2) is 0 Å². The Hall–Kier alpha value is -3.23. The monoisotopic (exact) mass is 446 g/mol. The lowest BCUT2D eigenvalue weighted by molar-refractivity contribution is 0.102. The van der Waals surface area contributed by atoms with E-state index in [2.05, 4.69) is 10.0 Å². The van der Waals surface area contributed by atoms with Gasteiger partial charge in [-0.2, -0.15) is 0 Å². The van der Waals surface area contributed by atoms with Crippen LogP contribution in [0.5, 0.6) is 11.5 Å². The molecule has 9 heteroatoms. The maximum absolute atomic E-state index is 12.7. The van der Waals surface area contributed by atoms with Crippen molar-refractivity contribution in [2.24, 2.45) is 0 Å². The zero-order valence-corrected chi connectivity index (χ0v) is 17.8. The number of methoxy groups -OCH3 is 2. The molecule has 0 atom stereocenters. The van der Waals surface area contributed by atoms with Crippen LogP contribution in [0, 0.1) is 0 Å². The molecule has 2 N–H and O–H groups in total. The minimum Gasteiger partial charge on any atom is -0.497 e. The van der Waals surface area contributed by atoms with Crippen LogP contribution in [0.1, 0.15) is 10.4 Å². The highest BCUT2D eigenvalue weighted by Gasteiger charge is 2.17. The van der Waals surface area contributed by atoms with E-state index in [0.717, 1.165) is 0 Å². The molecule has 0 aliphatic carbocycles. The number of benzene rings is 3. The molecule has 156 valence electrons. The molecule has 0 aliphatic rings. The van der Waals surface area contributed by atoms with Crippen molar-refractivity contribution < 1.29 is 22.7 Å². The third-order valence-corrected chi connectivity index (χ3v) is 5.81. The number of carbonyl (C=O) groups is 1. The fourth-order valence-corrected chi connectivity index (χ4v) is 3.81. The zero-order valence-electron chi connectivity index (χ0n) is 16.2. The van der Waals surface area contributed by atoms with Crippen LogP contribution in [0.3, 0.4) is 0 Å². The standard InChI is InChI=1S/C21H19ClN2O5S/c1-28-17-9-12-20(29-2)19(13-17)24-30(26,27)18-10-7-16(8-11-18)23-21(25)14-3-5-15(22)6-4-14/h3-13,24H,1-2H3,(H,23,25). The van der Waals surface area contributed by atoms with E-state index >= 15 is 0 Å². The lowest BCUT2D eigenvalue weighted by Crippen LogP contribution is -2.14. The van der Waals surface area contributed by atoms with Gasteiger partial charge in [0.25, 0.3) is 15.9 Å². The van der Waals surface area contributed by atoms with Crippen molar-refractivity contribution >= 4 is 38.9 Å². The fraction of sp³-hybridized carbons (Fsp3) is 0.0952. The third kappa shape index (κ3) is 5.03. The first kappa shape index (κ1) is 21.5. The second-order valence-electron chi connectivity index (χ2n) is 6.16. The van der Waals surface area contributed by atoms with Crippen LogP contribution in [0.15, 0.2) is 71.6 Å². The molecular formula is C21H19ClN2O5S. The number of nitrogens with one attached hydrogen (secondary N) is 2. The van der Waals surface area contributed by atoms with Crippen molar-refractivity contribution in [3.63, 3.8) is 0 Å². The van der Waals surface area contributed by atoms with Gasteiger partial charge in [-0.25, -0.2) is 8.42 Å². The Morgan fingerprint density at radius 3 is 2.17 bits per heavy atom. The molecule has 3 aromatic rings. The Balaban J connectivity index is 1.76. The summed E-state index contributed by atoms with van der Waals surface area (Å²) in [5, 5.41) is 3.23. The Kier molecular flexibility index (Phi) is 6.49. The highest BCUT2D eigenvalue weighted by atomic mass is 35.5. The van der Waals surface area contributed by atoms with Gasteiger partial charge in [-0.05, 0) is 60.7 Å². The number of ether oxygens (including phenoxy) is 2. The second kappa shape index (κ2) is 9.06. The summed E-state index contributed by atoms with van der Waals surface area (Å²) in [6.07, 6.45) is 0. The molecule has 0 saturated heterocycles. The lowest BCUT2D eigenvalue weighted by Gasteiger charge is -2.13. The van der Waals surface area contributed by atoms with E-state index in [1.165, 1.54) is 44.6 Å². The summed E-state index contributed by atoms with van der Waals surface area (Å²) in [7, 11) is -0.960. The third-order valence-electron chi connectivity index (χ3n) is 4.18. The molecule has 0 bridgehead atoms. The zero-order chi connectivity index (χ0) is 21.7. The summed E-state index contributed by atoms with van der Waals surface area (Å²) >= 11 is 5.82. The van der Waals surface area contributed by atoms with E-state index in [4.69, 9.17) is 21.1 Å². The van der Waals surface area contributed by atoms with Gasteiger partial charge in [0.05, 0.1) is 24.8 Å². The maximum Gasteiger partial charge on any atom is 0.262 e. The Morgan fingerprint density at radius 1 is 0.900 bits per heavy atom. The smallest absolute Gasteiger partial charge is 0.262 e. The van der Waals surface area contributed by atoms with Crippen molar-refractivity contribution in [1.29, 1.82) is 0 Å². The van der Waals surface area contributed by atoms with Crippen molar-refractivity contribution in [2.45, 2.75) is 4.90 Å². The molecule has 0 spiro atoms. The topological polar surface area (TPSA) is 93.7 Å². The summed E-state index contributed by atoms with van der Waals surface area (Å²) in [6, 6.07) is 17.0.